The first-order valence-corrected chi connectivity index (χ1v) is 6.89. The van der Waals surface area contributed by atoms with Gasteiger partial charge in [-0.05, 0) is 13.3 Å². The van der Waals surface area contributed by atoms with E-state index in [0.717, 1.165) is 12.8 Å². The first kappa shape index (κ1) is 16.3. The van der Waals surface area contributed by atoms with E-state index in [1.807, 2.05) is 6.92 Å². The van der Waals surface area contributed by atoms with E-state index in [1.54, 1.807) is 0 Å². The van der Waals surface area contributed by atoms with Crippen LogP contribution in [-0.4, -0.2) is 22.0 Å². The number of ether oxygens (including phenoxy) is 1. The molecule has 0 saturated heterocycles. The second-order valence-corrected chi connectivity index (χ2v) is 4.90. The zero-order valence-corrected chi connectivity index (χ0v) is 11.0. The van der Waals surface area contributed by atoms with Crippen LogP contribution in [0, 0.1) is 0 Å². The van der Waals surface area contributed by atoms with Crippen molar-refractivity contribution >= 4 is 13.8 Å². The topological polar surface area (TPSA) is 93.1 Å². The molecule has 0 bridgehead atoms. The fourth-order valence-electron chi connectivity index (χ4n) is 1.07. The number of unbranched alkanes of at least 4 members (excludes halogenated alkanes) is 2. The molecule has 0 fully saturated rings. The average molecular weight is 266 g/mol. The fraction of sp³-hybridized carbons (Fsp3) is 0.700. The minimum absolute atomic E-state index is 0.153. The Morgan fingerprint density at radius 3 is 2.41 bits per heavy atom. The molecule has 2 N–H and O–H groups in total. The minimum atomic E-state index is -4.66. The van der Waals surface area contributed by atoms with Crippen LogP contribution in [0.4, 0.5) is 0 Å². The lowest BCUT2D eigenvalue weighted by molar-refractivity contribution is -0.161. The van der Waals surface area contributed by atoms with E-state index < -0.39 is 20.1 Å². The highest BCUT2D eigenvalue weighted by Crippen LogP contribution is 2.39. The van der Waals surface area contributed by atoms with Crippen LogP contribution in [0.1, 0.15) is 39.5 Å². The number of hydrogen-bond donors (Lipinski definition) is 2. The van der Waals surface area contributed by atoms with Crippen LogP contribution in [0.3, 0.4) is 0 Å². The zero-order valence-electron chi connectivity index (χ0n) is 10.1. The monoisotopic (exact) mass is 266 g/mol. The summed E-state index contributed by atoms with van der Waals surface area (Å²) in [6.45, 7) is 6.81. The van der Waals surface area contributed by atoms with Crippen molar-refractivity contribution in [3.8, 4) is 0 Å². The van der Waals surface area contributed by atoms with Gasteiger partial charge in [-0.3, -0.25) is 0 Å². The Labute approximate surface area is 101 Å². The molecule has 7 heteroatoms. The minimum Gasteiger partial charge on any atom is -0.432 e. The van der Waals surface area contributed by atoms with Crippen LogP contribution in [0.15, 0.2) is 12.2 Å². The SMILES string of the molecule is C=C(C)C(=O)OC(CCCCC)OP(=O)(O)O. The maximum Gasteiger partial charge on any atom is 0.472 e. The van der Waals surface area contributed by atoms with Gasteiger partial charge in [0.25, 0.3) is 0 Å². The summed E-state index contributed by atoms with van der Waals surface area (Å²) in [5.74, 6) is -0.722. The van der Waals surface area contributed by atoms with Gasteiger partial charge >= 0.3 is 13.8 Å². The number of esters is 1. The predicted octanol–water partition coefficient (Wildman–Crippen LogP) is 2.12. The van der Waals surface area contributed by atoms with Crippen LogP contribution in [0.5, 0.6) is 0 Å². The molecule has 0 aromatic heterocycles. The van der Waals surface area contributed by atoms with E-state index in [1.165, 1.54) is 6.92 Å². The summed E-state index contributed by atoms with van der Waals surface area (Å²) in [4.78, 5) is 28.6. The van der Waals surface area contributed by atoms with Crippen LogP contribution in [0.25, 0.3) is 0 Å². The van der Waals surface area contributed by atoms with Gasteiger partial charge in [-0.1, -0.05) is 26.3 Å². The van der Waals surface area contributed by atoms with Crippen molar-refractivity contribution in [2.24, 2.45) is 0 Å². The van der Waals surface area contributed by atoms with Gasteiger partial charge in [0.15, 0.2) is 0 Å². The molecule has 1 atom stereocenters. The van der Waals surface area contributed by atoms with E-state index in [0.29, 0.717) is 6.42 Å². The Bertz CT molecular complexity index is 308. The summed E-state index contributed by atoms with van der Waals surface area (Å²) >= 11 is 0. The van der Waals surface area contributed by atoms with Gasteiger partial charge < -0.3 is 14.5 Å². The van der Waals surface area contributed by atoms with Crippen molar-refractivity contribution in [3.05, 3.63) is 12.2 Å². The molecule has 0 saturated carbocycles. The third kappa shape index (κ3) is 9.06. The molecule has 0 spiro atoms. The number of phosphoric ester groups is 1. The van der Waals surface area contributed by atoms with E-state index in [9.17, 15) is 9.36 Å². The smallest absolute Gasteiger partial charge is 0.432 e. The molecule has 0 aromatic carbocycles. The van der Waals surface area contributed by atoms with Crippen molar-refractivity contribution in [1.82, 2.24) is 0 Å². The fourth-order valence-corrected chi connectivity index (χ4v) is 1.52. The molecule has 17 heavy (non-hydrogen) atoms. The molecule has 0 heterocycles. The van der Waals surface area contributed by atoms with Crippen LogP contribution < -0.4 is 0 Å². The first-order chi connectivity index (χ1) is 7.76. The van der Waals surface area contributed by atoms with E-state index >= 15 is 0 Å². The highest BCUT2D eigenvalue weighted by Gasteiger charge is 2.25. The molecule has 0 aliphatic rings. The Kier molecular flexibility index (Phi) is 7.30. The first-order valence-electron chi connectivity index (χ1n) is 5.36. The molecule has 0 aromatic rings. The quantitative estimate of drug-likeness (QED) is 0.230. The maximum atomic E-state index is 11.2. The molecular formula is C10H19O6P. The van der Waals surface area contributed by atoms with Gasteiger partial charge in [-0.25, -0.2) is 13.9 Å². The van der Waals surface area contributed by atoms with E-state index in [4.69, 9.17) is 14.5 Å². The van der Waals surface area contributed by atoms with Gasteiger partial charge in [-0.15, -0.1) is 0 Å². The van der Waals surface area contributed by atoms with Crippen molar-refractivity contribution in [3.63, 3.8) is 0 Å². The maximum absolute atomic E-state index is 11.2. The third-order valence-electron chi connectivity index (χ3n) is 1.89. The molecule has 1 unspecified atom stereocenters. The Balaban J connectivity index is 4.34. The Hall–Kier alpha value is -0.680. The summed E-state index contributed by atoms with van der Waals surface area (Å²) in [5.41, 5.74) is 0.153. The van der Waals surface area contributed by atoms with Gasteiger partial charge in [0.1, 0.15) is 0 Å². The summed E-state index contributed by atoms with van der Waals surface area (Å²) < 4.78 is 19.9. The van der Waals surface area contributed by atoms with Crippen molar-refractivity contribution in [2.45, 2.75) is 45.8 Å². The molecule has 0 aliphatic carbocycles. The number of carbonyl (C=O) groups excluding carboxylic acids is 1. The summed E-state index contributed by atoms with van der Waals surface area (Å²) in [6.07, 6.45) is 1.48. The molecule has 100 valence electrons. The second-order valence-electron chi connectivity index (χ2n) is 3.71. The molecule has 0 aliphatic heterocycles. The van der Waals surface area contributed by atoms with Crippen molar-refractivity contribution in [2.75, 3.05) is 0 Å². The molecular weight excluding hydrogens is 247 g/mol. The number of hydrogen-bond acceptors (Lipinski definition) is 4. The van der Waals surface area contributed by atoms with Gasteiger partial charge in [-0.2, -0.15) is 0 Å². The van der Waals surface area contributed by atoms with Crippen molar-refractivity contribution < 1.29 is 28.4 Å². The van der Waals surface area contributed by atoms with Crippen LogP contribution in [-0.2, 0) is 18.6 Å². The summed E-state index contributed by atoms with van der Waals surface area (Å²) in [7, 11) is -4.66. The number of rotatable bonds is 8. The number of carbonyl (C=O) groups is 1. The lowest BCUT2D eigenvalue weighted by Gasteiger charge is -2.18. The number of phosphoric acid groups is 1. The lowest BCUT2D eigenvalue weighted by Crippen LogP contribution is -2.21. The second kappa shape index (κ2) is 7.61. The van der Waals surface area contributed by atoms with Gasteiger partial charge in [0.2, 0.25) is 6.29 Å². The normalized spacial score (nSPS) is 13.2. The summed E-state index contributed by atoms with van der Waals surface area (Å²) in [5, 5.41) is 0. The predicted molar refractivity (Wildman–Crippen MR) is 62.0 cm³/mol. The van der Waals surface area contributed by atoms with Gasteiger partial charge in [0, 0.05) is 12.0 Å². The average Bonchev–Trinajstić information content (AvgIpc) is 2.15. The Morgan fingerprint density at radius 1 is 1.41 bits per heavy atom. The van der Waals surface area contributed by atoms with Crippen LogP contribution in [0.2, 0.25) is 0 Å². The van der Waals surface area contributed by atoms with E-state index in [2.05, 4.69) is 11.1 Å². The zero-order chi connectivity index (χ0) is 13.5. The molecule has 0 amide bonds. The highest BCUT2D eigenvalue weighted by atomic mass is 31.2. The lowest BCUT2D eigenvalue weighted by atomic mass is 10.2. The molecule has 6 nitrogen and oxygen atoms in total. The van der Waals surface area contributed by atoms with Gasteiger partial charge in [0.05, 0.1) is 0 Å². The largest absolute Gasteiger partial charge is 0.472 e. The third-order valence-corrected chi connectivity index (χ3v) is 2.39. The highest BCUT2D eigenvalue weighted by molar-refractivity contribution is 7.46. The van der Waals surface area contributed by atoms with Crippen molar-refractivity contribution in [1.29, 1.82) is 0 Å². The van der Waals surface area contributed by atoms with E-state index in [-0.39, 0.29) is 12.0 Å². The summed E-state index contributed by atoms with van der Waals surface area (Å²) in [6, 6.07) is 0. The Morgan fingerprint density at radius 2 is 2.00 bits per heavy atom. The molecule has 0 rings (SSSR count). The molecule has 0 radical (unpaired) electrons. The standard InChI is InChI=1S/C10H19O6P/c1-4-5-6-7-9(16-17(12,13)14)15-10(11)8(2)3/h9H,2,4-7H2,1,3H3,(H2,12,13,14). The van der Waals surface area contributed by atoms with Crippen LogP contribution >= 0.6 is 7.82 Å².